The molecular weight excluding hydrogens is 439 g/mol. The first-order chi connectivity index (χ1) is 15.6. The molecule has 0 radical (unpaired) electrons. The van der Waals surface area contributed by atoms with Gasteiger partial charge in [-0.25, -0.2) is 14.8 Å². The molecule has 0 unspecified atom stereocenters. The van der Waals surface area contributed by atoms with Crippen molar-refractivity contribution in [3.8, 4) is 5.75 Å². The van der Waals surface area contributed by atoms with Gasteiger partial charge < -0.3 is 25.8 Å². The number of nitrogens with one attached hydrogen (secondary N) is 2. The number of ether oxygens (including phenoxy) is 2. The Bertz CT molecular complexity index is 1090. The molecule has 8 nitrogen and oxygen atoms in total. The average Bonchev–Trinajstić information content (AvgIpc) is 2.75. The number of esters is 1. The van der Waals surface area contributed by atoms with Crippen LogP contribution in [0.15, 0.2) is 54.9 Å². The Balaban J connectivity index is 1.67. The molecule has 1 heterocycles. The van der Waals surface area contributed by atoms with Gasteiger partial charge in [-0.15, -0.1) is 13.2 Å². The van der Waals surface area contributed by atoms with Crippen LogP contribution in [0.1, 0.15) is 24.2 Å². The van der Waals surface area contributed by atoms with Crippen LogP contribution in [0.25, 0.3) is 0 Å². The van der Waals surface area contributed by atoms with Crippen molar-refractivity contribution < 1.29 is 27.4 Å². The molecule has 0 spiro atoms. The number of hydrogen-bond donors (Lipinski definition) is 3. The number of nitrogens with zero attached hydrogens (tertiary/aromatic N) is 2. The summed E-state index contributed by atoms with van der Waals surface area (Å²) in [6, 6.07) is 11.7. The van der Waals surface area contributed by atoms with Crippen LogP contribution in [0.5, 0.6) is 5.75 Å². The van der Waals surface area contributed by atoms with Crippen LogP contribution in [-0.2, 0) is 4.74 Å². The predicted octanol–water partition coefficient (Wildman–Crippen LogP) is 5.26. The van der Waals surface area contributed by atoms with Gasteiger partial charge in [-0.3, -0.25) is 0 Å². The zero-order chi connectivity index (χ0) is 24.0. The Labute approximate surface area is 187 Å². The number of rotatable bonds is 8. The summed E-state index contributed by atoms with van der Waals surface area (Å²) in [5.41, 5.74) is 7.82. The predicted molar refractivity (Wildman–Crippen MR) is 118 cm³/mol. The summed E-state index contributed by atoms with van der Waals surface area (Å²) < 4.78 is 45.9. The number of anilines is 5. The Kier molecular flexibility index (Phi) is 7.21. The molecule has 1 aromatic heterocycles. The molecule has 2 aromatic carbocycles. The van der Waals surface area contributed by atoms with Crippen molar-refractivity contribution in [2.75, 3.05) is 23.0 Å². The third-order valence-electron chi connectivity index (χ3n) is 4.17. The van der Waals surface area contributed by atoms with Crippen LogP contribution >= 0.6 is 0 Å². The number of nitrogen functional groups attached to an aromatic ring is 1. The topological polar surface area (TPSA) is 111 Å². The van der Waals surface area contributed by atoms with E-state index in [0.29, 0.717) is 29.4 Å². The first-order valence-corrected chi connectivity index (χ1v) is 9.88. The van der Waals surface area contributed by atoms with Crippen LogP contribution in [0, 0.1) is 5.92 Å². The number of carbonyl (C=O) groups excluding carboxylic acids is 1. The minimum Gasteiger partial charge on any atom is -0.462 e. The second-order valence-electron chi connectivity index (χ2n) is 7.38. The Morgan fingerprint density at radius 2 is 1.48 bits per heavy atom. The number of halogens is 3. The fourth-order valence-electron chi connectivity index (χ4n) is 2.62. The number of aromatic nitrogens is 2. The quantitative estimate of drug-likeness (QED) is 0.390. The van der Waals surface area contributed by atoms with E-state index in [9.17, 15) is 18.0 Å². The van der Waals surface area contributed by atoms with Gasteiger partial charge >= 0.3 is 12.3 Å². The lowest BCUT2D eigenvalue weighted by Gasteiger charge is -2.13. The van der Waals surface area contributed by atoms with Gasteiger partial charge in [0, 0.05) is 11.4 Å². The maximum absolute atomic E-state index is 12.3. The van der Waals surface area contributed by atoms with Crippen molar-refractivity contribution in [2.45, 2.75) is 20.2 Å². The Morgan fingerprint density at radius 1 is 0.970 bits per heavy atom. The minimum atomic E-state index is -4.76. The van der Waals surface area contributed by atoms with Crippen LogP contribution in [0.3, 0.4) is 0 Å². The SMILES string of the molecule is CC(C)COC(=O)c1ccc(Nc2ncnc(Nc3ccc(OC(F)(F)F)cc3)c2N)cc1. The molecule has 0 amide bonds. The zero-order valence-corrected chi connectivity index (χ0v) is 17.8. The molecule has 0 aliphatic rings. The van der Waals surface area contributed by atoms with E-state index in [4.69, 9.17) is 10.5 Å². The average molecular weight is 461 g/mol. The van der Waals surface area contributed by atoms with E-state index in [1.807, 2.05) is 13.8 Å². The molecule has 0 saturated carbocycles. The van der Waals surface area contributed by atoms with E-state index in [1.54, 1.807) is 24.3 Å². The van der Waals surface area contributed by atoms with Crippen LogP contribution in [0.2, 0.25) is 0 Å². The van der Waals surface area contributed by atoms with E-state index in [0.717, 1.165) is 0 Å². The van der Waals surface area contributed by atoms with E-state index in [1.165, 1.54) is 30.6 Å². The molecule has 4 N–H and O–H groups in total. The second kappa shape index (κ2) is 10.1. The van der Waals surface area contributed by atoms with Gasteiger partial charge in [0.25, 0.3) is 0 Å². The first kappa shape index (κ1) is 23.6. The van der Waals surface area contributed by atoms with Crippen molar-refractivity contribution in [3.63, 3.8) is 0 Å². The highest BCUT2D eigenvalue weighted by atomic mass is 19.4. The van der Waals surface area contributed by atoms with Gasteiger partial charge in [0.05, 0.1) is 12.2 Å². The fraction of sp³-hybridized carbons (Fsp3) is 0.227. The van der Waals surface area contributed by atoms with Crippen LogP contribution in [-0.4, -0.2) is 28.9 Å². The normalized spacial score (nSPS) is 11.2. The molecular formula is C22H22F3N5O3. The third kappa shape index (κ3) is 6.99. The van der Waals surface area contributed by atoms with Gasteiger partial charge in [0.1, 0.15) is 17.8 Å². The summed E-state index contributed by atoms with van der Waals surface area (Å²) in [6.45, 7) is 4.24. The Morgan fingerprint density at radius 3 is 1.97 bits per heavy atom. The number of hydrogen-bond acceptors (Lipinski definition) is 8. The molecule has 3 aromatic rings. The van der Waals surface area contributed by atoms with Gasteiger partial charge in [-0.05, 0) is 54.4 Å². The molecule has 0 aliphatic heterocycles. The van der Waals surface area contributed by atoms with Gasteiger partial charge in [0.15, 0.2) is 11.6 Å². The summed E-state index contributed by atoms with van der Waals surface area (Å²) in [5, 5.41) is 5.96. The van der Waals surface area contributed by atoms with E-state index >= 15 is 0 Å². The number of alkyl halides is 3. The molecule has 11 heteroatoms. The van der Waals surface area contributed by atoms with E-state index in [-0.39, 0.29) is 23.2 Å². The molecule has 33 heavy (non-hydrogen) atoms. The maximum Gasteiger partial charge on any atom is 0.573 e. The smallest absolute Gasteiger partial charge is 0.462 e. The van der Waals surface area contributed by atoms with Crippen LogP contribution in [0.4, 0.5) is 41.9 Å². The number of carbonyl (C=O) groups is 1. The molecule has 3 rings (SSSR count). The van der Waals surface area contributed by atoms with E-state index < -0.39 is 12.3 Å². The highest BCUT2D eigenvalue weighted by Gasteiger charge is 2.31. The first-order valence-electron chi connectivity index (χ1n) is 9.88. The molecule has 0 atom stereocenters. The van der Waals surface area contributed by atoms with Gasteiger partial charge in [0.2, 0.25) is 0 Å². The summed E-state index contributed by atoms with van der Waals surface area (Å²) in [4.78, 5) is 20.2. The van der Waals surface area contributed by atoms with Gasteiger partial charge in [-0.1, -0.05) is 13.8 Å². The largest absolute Gasteiger partial charge is 0.573 e. The molecule has 0 fully saturated rings. The summed E-state index contributed by atoms with van der Waals surface area (Å²) in [5.74, 6) is 0.0488. The minimum absolute atomic E-state index is 0.188. The number of nitrogens with two attached hydrogens (primary N) is 1. The summed E-state index contributed by atoms with van der Waals surface area (Å²) in [7, 11) is 0. The summed E-state index contributed by atoms with van der Waals surface area (Å²) in [6.07, 6.45) is -3.49. The molecule has 0 bridgehead atoms. The van der Waals surface area contributed by atoms with Crippen molar-refractivity contribution in [2.24, 2.45) is 5.92 Å². The molecule has 0 saturated heterocycles. The second-order valence-corrected chi connectivity index (χ2v) is 7.38. The van der Waals surface area contributed by atoms with Crippen LogP contribution < -0.4 is 21.1 Å². The lowest BCUT2D eigenvalue weighted by Crippen LogP contribution is -2.17. The van der Waals surface area contributed by atoms with Gasteiger partial charge in [-0.2, -0.15) is 0 Å². The standard InChI is InChI=1S/C22H22F3N5O3/c1-13(2)11-32-21(31)14-3-5-15(6-4-14)29-19-18(26)20(28-12-27-19)30-16-7-9-17(10-8-16)33-22(23,24)25/h3-10,12-13H,11,26H2,1-2H3,(H2,27,28,29,30). The third-order valence-corrected chi connectivity index (χ3v) is 4.17. The van der Waals surface area contributed by atoms with E-state index in [2.05, 4.69) is 25.3 Å². The van der Waals surface area contributed by atoms with Crippen molar-refractivity contribution in [1.82, 2.24) is 9.97 Å². The summed E-state index contributed by atoms with van der Waals surface area (Å²) >= 11 is 0. The highest BCUT2D eigenvalue weighted by molar-refractivity contribution is 5.90. The number of benzene rings is 2. The van der Waals surface area contributed by atoms with Crippen molar-refractivity contribution in [1.29, 1.82) is 0 Å². The molecule has 174 valence electrons. The monoisotopic (exact) mass is 461 g/mol. The lowest BCUT2D eigenvalue weighted by atomic mass is 10.2. The highest BCUT2D eigenvalue weighted by Crippen LogP contribution is 2.30. The molecule has 0 aliphatic carbocycles. The zero-order valence-electron chi connectivity index (χ0n) is 17.8. The lowest BCUT2D eigenvalue weighted by molar-refractivity contribution is -0.274. The van der Waals surface area contributed by atoms with Crippen molar-refractivity contribution >= 4 is 34.7 Å². The maximum atomic E-state index is 12.3. The fourth-order valence-corrected chi connectivity index (χ4v) is 2.62. The Hall–Kier alpha value is -4.02. The van der Waals surface area contributed by atoms with Crippen molar-refractivity contribution in [3.05, 3.63) is 60.4 Å².